The largest absolute Gasteiger partial charge is 0.478 e. The molecule has 0 radical (unpaired) electrons. The Bertz CT molecular complexity index is 965. The Hall–Kier alpha value is -2.66. The quantitative estimate of drug-likeness (QED) is 0.665. The number of aromatic carboxylic acids is 1. The molecule has 1 atom stereocenters. The van der Waals surface area contributed by atoms with E-state index in [4.69, 9.17) is 4.98 Å². The minimum Gasteiger partial charge on any atom is -0.478 e. The van der Waals surface area contributed by atoms with E-state index in [0.717, 1.165) is 42.9 Å². The number of carboxylic acid groups (broad SMARTS) is 1. The fourth-order valence-corrected chi connectivity index (χ4v) is 4.38. The third-order valence-electron chi connectivity index (χ3n) is 5.84. The minimum atomic E-state index is -0.907. The van der Waals surface area contributed by atoms with Crippen LogP contribution in [-0.4, -0.2) is 38.1 Å². The molecule has 0 bridgehead atoms. The molecule has 3 aromatic rings. The van der Waals surface area contributed by atoms with Crippen molar-refractivity contribution >= 4 is 17.0 Å². The smallest absolute Gasteiger partial charge is 0.335 e. The predicted molar refractivity (Wildman–Crippen MR) is 111 cm³/mol. The molecule has 0 aliphatic carbocycles. The van der Waals surface area contributed by atoms with E-state index < -0.39 is 5.97 Å². The summed E-state index contributed by atoms with van der Waals surface area (Å²) >= 11 is 0. The Morgan fingerprint density at radius 2 is 2.04 bits per heavy atom. The van der Waals surface area contributed by atoms with Crippen LogP contribution in [0.4, 0.5) is 0 Å². The minimum absolute atomic E-state index is 0.293. The zero-order valence-electron chi connectivity index (χ0n) is 16.3. The van der Waals surface area contributed by atoms with E-state index in [-0.39, 0.29) is 0 Å². The van der Waals surface area contributed by atoms with Crippen LogP contribution in [0.25, 0.3) is 11.0 Å². The molecule has 1 N–H and O–H groups in total. The van der Waals surface area contributed by atoms with Crippen LogP contribution in [-0.2, 0) is 19.5 Å². The van der Waals surface area contributed by atoms with Gasteiger partial charge in [0.2, 0.25) is 0 Å². The van der Waals surface area contributed by atoms with Crippen LogP contribution in [0.1, 0.15) is 47.9 Å². The summed E-state index contributed by atoms with van der Waals surface area (Å²) < 4.78 is 2.22. The second-order valence-electron chi connectivity index (χ2n) is 7.57. The lowest BCUT2D eigenvalue weighted by Gasteiger charge is -2.24. The molecule has 1 aliphatic heterocycles. The molecule has 1 fully saturated rings. The summed E-state index contributed by atoms with van der Waals surface area (Å²) in [7, 11) is 0. The summed E-state index contributed by atoms with van der Waals surface area (Å²) in [6.07, 6.45) is 4.74. The van der Waals surface area contributed by atoms with Gasteiger partial charge in [0.15, 0.2) is 0 Å². The Morgan fingerprint density at radius 1 is 1.21 bits per heavy atom. The Balaban J connectivity index is 1.52. The Kier molecular flexibility index (Phi) is 5.44. The first-order valence-corrected chi connectivity index (χ1v) is 10.2. The highest BCUT2D eigenvalue weighted by Crippen LogP contribution is 2.26. The number of likely N-dealkylation sites (tertiary alicyclic amines) is 1. The molecule has 146 valence electrons. The summed E-state index contributed by atoms with van der Waals surface area (Å²) in [5, 5.41) is 9.25. The molecular formula is C23H27N3O2. The molecule has 1 unspecified atom stereocenters. The van der Waals surface area contributed by atoms with Crippen molar-refractivity contribution < 1.29 is 9.90 Å². The van der Waals surface area contributed by atoms with E-state index in [1.807, 2.05) is 6.07 Å². The highest BCUT2D eigenvalue weighted by atomic mass is 16.4. The van der Waals surface area contributed by atoms with Crippen LogP contribution in [0.5, 0.6) is 0 Å². The van der Waals surface area contributed by atoms with Gasteiger partial charge in [-0.1, -0.05) is 30.3 Å². The molecule has 28 heavy (non-hydrogen) atoms. The van der Waals surface area contributed by atoms with Crippen LogP contribution in [0.3, 0.4) is 0 Å². The van der Waals surface area contributed by atoms with Gasteiger partial charge in [0.1, 0.15) is 5.82 Å². The van der Waals surface area contributed by atoms with Gasteiger partial charge in [0.05, 0.1) is 23.1 Å². The first kappa shape index (κ1) is 18.7. The van der Waals surface area contributed by atoms with Crippen LogP contribution >= 0.6 is 0 Å². The number of nitrogens with zero attached hydrogens (tertiary/aromatic N) is 3. The van der Waals surface area contributed by atoms with Gasteiger partial charge < -0.3 is 9.67 Å². The molecule has 1 aliphatic rings. The van der Waals surface area contributed by atoms with Crippen molar-refractivity contribution in [3.8, 4) is 0 Å². The van der Waals surface area contributed by atoms with E-state index in [2.05, 4.69) is 46.7 Å². The number of imidazole rings is 1. The zero-order chi connectivity index (χ0) is 19.5. The summed E-state index contributed by atoms with van der Waals surface area (Å²) in [5.41, 5.74) is 3.48. The number of rotatable bonds is 7. The number of aromatic nitrogens is 2. The van der Waals surface area contributed by atoms with Crippen LogP contribution in [0, 0.1) is 0 Å². The van der Waals surface area contributed by atoms with E-state index in [9.17, 15) is 9.90 Å². The average molecular weight is 377 g/mol. The third-order valence-corrected chi connectivity index (χ3v) is 5.84. The molecule has 2 heterocycles. The second kappa shape index (κ2) is 8.15. The van der Waals surface area contributed by atoms with Crippen molar-refractivity contribution in [1.82, 2.24) is 14.5 Å². The number of benzene rings is 2. The first-order chi connectivity index (χ1) is 13.7. The monoisotopic (exact) mass is 377 g/mol. The first-order valence-electron chi connectivity index (χ1n) is 10.2. The SMILES string of the molecule is CCn1c(CN2CCCC2CCc2ccccc2)nc2cc(C(=O)O)ccc21. The molecule has 1 aromatic heterocycles. The average Bonchev–Trinajstić information content (AvgIpc) is 3.30. The zero-order valence-corrected chi connectivity index (χ0v) is 16.3. The standard InChI is InChI=1S/C23H27N3O2/c1-2-26-21-13-11-18(23(27)28)15-20(21)24-22(26)16-25-14-6-9-19(25)12-10-17-7-4-3-5-8-17/h3-5,7-8,11,13,15,19H,2,6,9-10,12,14,16H2,1H3,(H,27,28). The summed E-state index contributed by atoms with van der Waals surface area (Å²) in [5.74, 6) is 0.127. The van der Waals surface area contributed by atoms with E-state index in [0.29, 0.717) is 11.6 Å². The number of aryl methyl sites for hydroxylation is 2. The van der Waals surface area contributed by atoms with E-state index >= 15 is 0 Å². The van der Waals surface area contributed by atoms with Gasteiger partial charge in [0, 0.05) is 12.6 Å². The second-order valence-corrected chi connectivity index (χ2v) is 7.57. The number of hydrogen-bond acceptors (Lipinski definition) is 3. The number of carbonyl (C=O) groups is 1. The van der Waals surface area contributed by atoms with Gasteiger partial charge in [-0.25, -0.2) is 9.78 Å². The van der Waals surface area contributed by atoms with Crippen molar-refractivity contribution in [1.29, 1.82) is 0 Å². The maximum absolute atomic E-state index is 11.3. The summed E-state index contributed by atoms with van der Waals surface area (Å²) in [6.45, 7) is 4.88. The van der Waals surface area contributed by atoms with Gasteiger partial charge in [-0.05, 0) is 62.9 Å². The summed E-state index contributed by atoms with van der Waals surface area (Å²) in [6, 6.07) is 16.5. The molecule has 0 amide bonds. The van der Waals surface area contributed by atoms with Gasteiger partial charge >= 0.3 is 5.97 Å². The van der Waals surface area contributed by atoms with Crippen molar-refractivity contribution in [2.45, 2.75) is 51.7 Å². The molecule has 0 spiro atoms. The van der Waals surface area contributed by atoms with Crippen LogP contribution in [0.15, 0.2) is 48.5 Å². The Morgan fingerprint density at radius 3 is 2.79 bits per heavy atom. The van der Waals surface area contributed by atoms with Crippen molar-refractivity contribution in [2.24, 2.45) is 0 Å². The number of hydrogen-bond donors (Lipinski definition) is 1. The molecule has 2 aromatic carbocycles. The number of fused-ring (bicyclic) bond motifs is 1. The van der Waals surface area contributed by atoms with Crippen molar-refractivity contribution in [2.75, 3.05) is 6.54 Å². The lowest BCUT2D eigenvalue weighted by Crippen LogP contribution is -2.30. The van der Waals surface area contributed by atoms with Gasteiger partial charge in [-0.3, -0.25) is 4.90 Å². The maximum atomic E-state index is 11.3. The molecule has 1 saturated heterocycles. The fraction of sp³-hybridized carbons (Fsp3) is 0.391. The Labute approximate surface area is 165 Å². The van der Waals surface area contributed by atoms with Crippen molar-refractivity contribution in [3.05, 3.63) is 65.5 Å². The molecule has 5 nitrogen and oxygen atoms in total. The topological polar surface area (TPSA) is 58.4 Å². The van der Waals surface area contributed by atoms with E-state index in [1.165, 1.54) is 24.8 Å². The van der Waals surface area contributed by atoms with Gasteiger partial charge in [0.25, 0.3) is 0 Å². The van der Waals surface area contributed by atoms with Gasteiger partial charge in [-0.15, -0.1) is 0 Å². The molecular weight excluding hydrogens is 350 g/mol. The molecule has 4 rings (SSSR count). The lowest BCUT2D eigenvalue weighted by atomic mass is 10.0. The van der Waals surface area contributed by atoms with E-state index in [1.54, 1.807) is 12.1 Å². The fourth-order valence-electron chi connectivity index (χ4n) is 4.38. The van der Waals surface area contributed by atoms with Crippen molar-refractivity contribution in [3.63, 3.8) is 0 Å². The maximum Gasteiger partial charge on any atom is 0.335 e. The predicted octanol–water partition coefficient (Wildman–Crippen LogP) is 4.35. The lowest BCUT2D eigenvalue weighted by molar-refractivity contribution is 0.0697. The highest BCUT2D eigenvalue weighted by Gasteiger charge is 2.26. The third kappa shape index (κ3) is 3.80. The number of carboxylic acids is 1. The molecule has 0 saturated carbocycles. The van der Waals surface area contributed by atoms with Crippen LogP contribution in [0.2, 0.25) is 0 Å². The highest BCUT2D eigenvalue weighted by molar-refractivity contribution is 5.92. The van der Waals surface area contributed by atoms with Crippen LogP contribution < -0.4 is 0 Å². The summed E-state index contributed by atoms with van der Waals surface area (Å²) in [4.78, 5) is 18.6. The molecule has 5 heteroatoms. The van der Waals surface area contributed by atoms with Gasteiger partial charge in [-0.2, -0.15) is 0 Å². The normalized spacial score (nSPS) is 17.4.